The van der Waals surface area contributed by atoms with Gasteiger partial charge in [-0.25, -0.2) is 12.8 Å². The summed E-state index contributed by atoms with van der Waals surface area (Å²) < 4.78 is 46.2. The number of halogens is 1. The van der Waals surface area contributed by atoms with Gasteiger partial charge in [0.2, 0.25) is 10.0 Å². The van der Waals surface area contributed by atoms with Crippen LogP contribution in [-0.2, 0) is 23.1 Å². The molecule has 2 aromatic rings. The van der Waals surface area contributed by atoms with Crippen LogP contribution >= 0.6 is 0 Å². The molecule has 0 aliphatic carbocycles. The molecule has 0 atom stereocenters. The molecule has 7 heteroatoms. The monoisotopic (exact) mass is 392 g/mol. The lowest BCUT2D eigenvalue weighted by Crippen LogP contribution is -2.32. The van der Waals surface area contributed by atoms with Crippen LogP contribution < -0.4 is 4.74 Å². The highest BCUT2D eigenvalue weighted by Crippen LogP contribution is 2.28. The van der Waals surface area contributed by atoms with Crippen LogP contribution in [0.5, 0.6) is 5.75 Å². The van der Waals surface area contributed by atoms with Gasteiger partial charge in [-0.1, -0.05) is 19.9 Å². The van der Waals surface area contributed by atoms with Gasteiger partial charge in [0, 0.05) is 25.2 Å². The number of hydrogen-bond donors (Lipinski definition) is 0. The summed E-state index contributed by atoms with van der Waals surface area (Å²) in [5, 5.41) is 0. The Morgan fingerprint density at radius 2 is 1.81 bits per heavy atom. The first kappa shape index (κ1) is 19.8. The number of sulfonamides is 1. The zero-order valence-corrected chi connectivity index (χ0v) is 16.5. The van der Waals surface area contributed by atoms with Crippen molar-refractivity contribution in [1.29, 1.82) is 0 Å². The van der Waals surface area contributed by atoms with Gasteiger partial charge >= 0.3 is 0 Å². The summed E-state index contributed by atoms with van der Waals surface area (Å²) >= 11 is 0. The molecule has 27 heavy (non-hydrogen) atoms. The summed E-state index contributed by atoms with van der Waals surface area (Å²) in [4.78, 5) is 2.39. The molecule has 0 N–H and O–H groups in total. The molecule has 5 nitrogen and oxygen atoms in total. The Bertz CT molecular complexity index is 881. The van der Waals surface area contributed by atoms with Gasteiger partial charge in [0.15, 0.2) is 0 Å². The summed E-state index contributed by atoms with van der Waals surface area (Å²) in [6.07, 6.45) is 0. The van der Waals surface area contributed by atoms with Crippen LogP contribution in [0.2, 0.25) is 0 Å². The van der Waals surface area contributed by atoms with E-state index in [0.717, 1.165) is 48.6 Å². The fourth-order valence-electron chi connectivity index (χ4n) is 3.19. The molecule has 1 aliphatic heterocycles. The largest absolute Gasteiger partial charge is 0.492 e. The summed E-state index contributed by atoms with van der Waals surface area (Å²) in [6, 6.07) is 10.9. The SMILES string of the molecule is CCN(CC)Cc1ccc2c(c1)CN(S(=O)(=O)c1ccc(F)cc1)CCO2. The number of rotatable bonds is 6. The molecule has 2 aromatic carbocycles. The molecule has 3 rings (SSSR count). The molecule has 0 amide bonds. The molecule has 0 bridgehead atoms. The topological polar surface area (TPSA) is 49.9 Å². The van der Waals surface area contributed by atoms with E-state index in [1.54, 1.807) is 0 Å². The third-order valence-electron chi connectivity index (χ3n) is 4.82. The van der Waals surface area contributed by atoms with E-state index in [0.29, 0.717) is 0 Å². The average molecular weight is 392 g/mol. The Labute approximate surface area is 160 Å². The maximum Gasteiger partial charge on any atom is 0.243 e. The predicted octanol–water partition coefficient (Wildman–Crippen LogP) is 3.25. The quantitative estimate of drug-likeness (QED) is 0.757. The summed E-state index contributed by atoms with van der Waals surface area (Å²) in [7, 11) is -3.71. The molecule has 146 valence electrons. The second-order valence-corrected chi connectivity index (χ2v) is 8.48. The first-order valence-corrected chi connectivity index (χ1v) is 10.6. The maximum atomic E-state index is 13.2. The molecule has 0 unspecified atom stereocenters. The van der Waals surface area contributed by atoms with Crippen molar-refractivity contribution in [3.05, 3.63) is 59.4 Å². The van der Waals surface area contributed by atoms with E-state index in [2.05, 4.69) is 18.7 Å². The van der Waals surface area contributed by atoms with Crippen molar-refractivity contribution in [2.75, 3.05) is 26.2 Å². The van der Waals surface area contributed by atoms with Crippen molar-refractivity contribution < 1.29 is 17.5 Å². The van der Waals surface area contributed by atoms with E-state index >= 15 is 0 Å². The molecule has 0 fully saturated rings. The van der Waals surface area contributed by atoms with E-state index in [1.165, 1.54) is 16.4 Å². The van der Waals surface area contributed by atoms with Gasteiger partial charge in [-0.3, -0.25) is 4.90 Å². The lowest BCUT2D eigenvalue weighted by atomic mass is 10.1. The fourth-order valence-corrected chi connectivity index (χ4v) is 4.59. The van der Waals surface area contributed by atoms with Gasteiger partial charge < -0.3 is 4.74 Å². The van der Waals surface area contributed by atoms with Crippen molar-refractivity contribution in [2.45, 2.75) is 31.8 Å². The minimum atomic E-state index is -3.71. The van der Waals surface area contributed by atoms with Crippen LogP contribution in [0.1, 0.15) is 25.0 Å². The molecule has 0 radical (unpaired) electrons. The average Bonchev–Trinajstić information content (AvgIpc) is 2.89. The minimum absolute atomic E-state index is 0.0895. The van der Waals surface area contributed by atoms with E-state index < -0.39 is 15.8 Å². The molecular formula is C20H25FN2O3S. The number of nitrogens with zero attached hydrogens (tertiary/aromatic N) is 2. The Balaban J connectivity index is 1.87. The Kier molecular flexibility index (Phi) is 6.14. The summed E-state index contributed by atoms with van der Waals surface area (Å²) in [5.74, 6) is 0.259. The van der Waals surface area contributed by atoms with Gasteiger partial charge in [-0.15, -0.1) is 0 Å². The highest BCUT2D eigenvalue weighted by Gasteiger charge is 2.28. The van der Waals surface area contributed by atoms with Crippen molar-refractivity contribution in [3.8, 4) is 5.75 Å². The summed E-state index contributed by atoms with van der Waals surface area (Å²) in [6.45, 7) is 7.72. The number of fused-ring (bicyclic) bond motifs is 1. The van der Waals surface area contributed by atoms with Crippen molar-refractivity contribution in [1.82, 2.24) is 9.21 Å². The van der Waals surface area contributed by atoms with Crippen molar-refractivity contribution >= 4 is 10.0 Å². The fraction of sp³-hybridized carbons (Fsp3) is 0.400. The van der Waals surface area contributed by atoms with Crippen LogP contribution in [0, 0.1) is 5.82 Å². The smallest absolute Gasteiger partial charge is 0.243 e. The minimum Gasteiger partial charge on any atom is -0.492 e. The van der Waals surface area contributed by atoms with Crippen LogP contribution in [0.15, 0.2) is 47.4 Å². The summed E-state index contributed by atoms with van der Waals surface area (Å²) in [5.41, 5.74) is 1.98. The molecule has 0 saturated heterocycles. The van der Waals surface area contributed by atoms with E-state index in [9.17, 15) is 12.8 Å². The van der Waals surface area contributed by atoms with Crippen molar-refractivity contribution in [3.63, 3.8) is 0 Å². The number of ether oxygens (including phenoxy) is 1. The van der Waals surface area contributed by atoms with Gasteiger partial charge in [-0.2, -0.15) is 4.31 Å². The molecule has 1 aliphatic rings. The molecule has 0 saturated carbocycles. The van der Waals surface area contributed by atoms with E-state index in [4.69, 9.17) is 4.74 Å². The molecule has 1 heterocycles. The third kappa shape index (κ3) is 4.48. The van der Waals surface area contributed by atoms with Crippen LogP contribution in [0.3, 0.4) is 0 Å². The molecular weight excluding hydrogens is 367 g/mol. The second kappa shape index (κ2) is 8.37. The Hall–Kier alpha value is -1.96. The zero-order valence-electron chi connectivity index (χ0n) is 15.7. The number of hydrogen-bond acceptors (Lipinski definition) is 4. The van der Waals surface area contributed by atoms with Crippen LogP contribution in [0.25, 0.3) is 0 Å². The zero-order chi connectivity index (χ0) is 19.4. The Morgan fingerprint density at radius 1 is 1.11 bits per heavy atom. The lowest BCUT2D eigenvalue weighted by molar-refractivity contribution is 0.292. The van der Waals surface area contributed by atoms with Crippen molar-refractivity contribution in [2.24, 2.45) is 0 Å². The van der Waals surface area contributed by atoms with Gasteiger partial charge in [0.05, 0.1) is 4.90 Å². The van der Waals surface area contributed by atoms with Crippen LogP contribution in [-0.4, -0.2) is 43.9 Å². The maximum absolute atomic E-state index is 13.2. The van der Waals surface area contributed by atoms with E-state index in [1.807, 2.05) is 18.2 Å². The molecule has 0 aromatic heterocycles. The van der Waals surface area contributed by atoms with Gasteiger partial charge in [0.1, 0.15) is 18.2 Å². The first-order chi connectivity index (χ1) is 12.9. The van der Waals surface area contributed by atoms with E-state index in [-0.39, 0.29) is 24.6 Å². The van der Waals surface area contributed by atoms with Gasteiger partial charge in [-0.05, 0) is 55.1 Å². The second-order valence-electron chi connectivity index (χ2n) is 6.54. The lowest BCUT2D eigenvalue weighted by Gasteiger charge is -2.21. The third-order valence-corrected chi connectivity index (χ3v) is 6.68. The molecule has 0 spiro atoms. The number of benzene rings is 2. The van der Waals surface area contributed by atoms with Crippen LogP contribution in [0.4, 0.5) is 4.39 Å². The highest BCUT2D eigenvalue weighted by molar-refractivity contribution is 7.89. The highest BCUT2D eigenvalue weighted by atomic mass is 32.2. The van der Waals surface area contributed by atoms with Gasteiger partial charge in [0.25, 0.3) is 0 Å². The predicted molar refractivity (Wildman–Crippen MR) is 103 cm³/mol. The first-order valence-electron chi connectivity index (χ1n) is 9.16. The standard InChI is InChI=1S/C20H25FN2O3S/c1-3-22(4-2)14-16-5-10-20-17(13-16)15-23(11-12-26-20)27(24,25)19-8-6-18(21)7-9-19/h5-10,13H,3-4,11-12,14-15H2,1-2H3. The Morgan fingerprint density at radius 3 is 2.48 bits per heavy atom. The normalized spacial score (nSPS) is 15.3.